The summed E-state index contributed by atoms with van der Waals surface area (Å²) in [5.41, 5.74) is 0. The van der Waals surface area contributed by atoms with E-state index < -0.39 is 18.3 Å². The second-order valence-electron chi connectivity index (χ2n) is 3.62. The fraction of sp³-hybridized carbons (Fsp3) is 1.00. The maximum Gasteiger partial charge on any atom is 0.150 e. The number of aliphatic hydroxyl groups excluding tert-OH is 2. The van der Waals surface area contributed by atoms with Gasteiger partial charge in [0.1, 0.15) is 39.7 Å². The Morgan fingerprint density at radius 3 is 2.62 bits per heavy atom. The lowest BCUT2D eigenvalue weighted by atomic mass is 9.93. The minimum Gasteiger partial charge on any atom is -0.394 e. The van der Waals surface area contributed by atoms with Crippen LogP contribution in [0.25, 0.3) is 0 Å². The second kappa shape index (κ2) is 7.21. The summed E-state index contributed by atoms with van der Waals surface area (Å²) in [7, 11) is 1.78. The molecule has 0 amide bonds. The smallest absolute Gasteiger partial charge is 0.150 e. The highest BCUT2D eigenvalue weighted by Crippen LogP contribution is 2.21. The maximum absolute atomic E-state index is 9.73. The summed E-state index contributed by atoms with van der Waals surface area (Å²) in [6.07, 6.45) is -1.87. The van der Waals surface area contributed by atoms with E-state index in [1.54, 1.807) is 7.85 Å². The third-order valence-electron chi connectivity index (χ3n) is 2.46. The van der Waals surface area contributed by atoms with E-state index in [1.165, 1.54) is 0 Å². The number of hydrogen-bond acceptors (Lipinski definition) is 6. The fourth-order valence-electron chi connectivity index (χ4n) is 1.61. The molecule has 0 spiro atoms. The summed E-state index contributed by atoms with van der Waals surface area (Å²) in [6, 6.07) is -0.261. The van der Waals surface area contributed by atoms with Crippen LogP contribution in [0.1, 0.15) is 6.92 Å². The molecule has 0 aromatic carbocycles. The third-order valence-corrected chi connectivity index (χ3v) is 2.46. The Hall–Kier alpha value is -0.175. The van der Waals surface area contributed by atoms with Crippen LogP contribution in [0.15, 0.2) is 0 Å². The second-order valence-corrected chi connectivity index (χ2v) is 3.62. The molecule has 1 heterocycles. The maximum atomic E-state index is 9.73. The summed E-state index contributed by atoms with van der Waals surface area (Å²) in [4.78, 5) is 0. The van der Waals surface area contributed by atoms with Crippen molar-refractivity contribution in [1.29, 1.82) is 0 Å². The molecule has 6 nitrogen and oxygen atoms in total. The molecular formula is C9H19BO6. The van der Waals surface area contributed by atoms with Crippen molar-refractivity contribution >= 4 is 7.85 Å². The van der Waals surface area contributed by atoms with Crippen molar-refractivity contribution in [3.63, 3.8) is 0 Å². The molecule has 16 heavy (non-hydrogen) atoms. The highest BCUT2D eigenvalue weighted by atomic mass is 16.7. The summed E-state index contributed by atoms with van der Waals surface area (Å²) >= 11 is 0. The summed E-state index contributed by atoms with van der Waals surface area (Å²) in [5, 5.41) is 18.6. The lowest BCUT2D eigenvalue weighted by Gasteiger charge is -2.18. The van der Waals surface area contributed by atoms with Crippen molar-refractivity contribution in [2.24, 2.45) is 0 Å². The Morgan fingerprint density at radius 1 is 1.31 bits per heavy atom. The van der Waals surface area contributed by atoms with Gasteiger partial charge in [-0.3, -0.25) is 0 Å². The zero-order chi connectivity index (χ0) is 12.0. The van der Waals surface area contributed by atoms with Crippen LogP contribution in [0.2, 0.25) is 0 Å². The van der Waals surface area contributed by atoms with E-state index >= 15 is 0 Å². The Balaban J connectivity index is 2.20. The molecule has 1 aliphatic heterocycles. The van der Waals surface area contributed by atoms with Crippen LogP contribution >= 0.6 is 0 Å². The normalized spacial score (nSPS) is 34.4. The molecule has 0 bridgehead atoms. The molecular weight excluding hydrogens is 215 g/mol. The van der Waals surface area contributed by atoms with Crippen LogP contribution in [0, 0.1) is 0 Å². The molecule has 4 atom stereocenters. The molecule has 0 aromatic heterocycles. The van der Waals surface area contributed by atoms with E-state index in [0.29, 0.717) is 6.61 Å². The highest BCUT2D eigenvalue weighted by Gasteiger charge is 2.41. The molecule has 2 N–H and O–H groups in total. The fourth-order valence-corrected chi connectivity index (χ4v) is 1.61. The molecule has 1 saturated heterocycles. The standard InChI is InChI=1S/C9H19BO6/c1-2-13-4-14-5-15-8-7(12)6(3-11)16-9(8)10/h6-9,11-12H,2-5,10H2,1H3/t6-,7?,8+,9-/m1/s1. The van der Waals surface area contributed by atoms with Gasteiger partial charge in [-0.05, 0) is 6.92 Å². The van der Waals surface area contributed by atoms with Gasteiger partial charge in [0, 0.05) is 6.61 Å². The lowest BCUT2D eigenvalue weighted by molar-refractivity contribution is -0.161. The molecule has 94 valence electrons. The third kappa shape index (κ3) is 3.69. The molecule has 1 unspecified atom stereocenters. The van der Waals surface area contributed by atoms with Gasteiger partial charge in [-0.1, -0.05) is 0 Å². The van der Waals surface area contributed by atoms with Gasteiger partial charge < -0.3 is 29.2 Å². The monoisotopic (exact) mass is 234 g/mol. The largest absolute Gasteiger partial charge is 0.394 e. The Kier molecular flexibility index (Phi) is 6.26. The minimum absolute atomic E-state index is 0.0353. The Labute approximate surface area is 95.8 Å². The van der Waals surface area contributed by atoms with Crippen LogP contribution in [0.3, 0.4) is 0 Å². The van der Waals surface area contributed by atoms with Crippen LogP contribution in [-0.4, -0.2) is 69.2 Å². The highest BCUT2D eigenvalue weighted by molar-refractivity contribution is 6.11. The van der Waals surface area contributed by atoms with Crippen LogP contribution in [-0.2, 0) is 18.9 Å². The average Bonchev–Trinajstić information content (AvgIpc) is 2.55. The van der Waals surface area contributed by atoms with Gasteiger partial charge in [0.2, 0.25) is 0 Å². The molecule has 1 rings (SSSR count). The van der Waals surface area contributed by atoms with Gasteiger partial charge in [0.15, 0.2) is 0 Å². The molecule has 0 radical (unpaired) electrons. The van der Waals surface area contributed by atoms with Crippen molar-refractivity contribution in [2.75, 3.05) is 26.8 Å². The molecule has 1 aliphatic rings. The number of ether oxygens (including phenoxy) is 4. The first-order valence-electron chi connectivity index (χ1n) is 5.42. The average molecular weight is 234 g/mol. The zero-order valence-corrected chi connectivity index (χ0v) is 9.67. The molecule has 7 heteroatoms. The van der Waals surface area contributed by atoms with Gasteiger partial charge in [-0.25, -0.2) is 0 Å². The quantitative estimate of drug-likeness (QED) is 0.303. The minimum atomic E-state index is -0.823. The number of aliphatic hydroxyl groups is 2. The zero-order valence-electron chi connectivity index (χ0n) is 9.67. The van der Waals surface area contributed by atoms with Crippen molar-refractivity contribution in [3.8, 4) is 0 Å². The Bertz CT molecular complexity index is 193. The summed E-state index contributed by atoms with van der Waals surface area (Å²) < 4.78 is 20.6. The van der Waals surface area contributed by atoms with Crippen molar-refractivity contribution in [2.45, 2.75) is 31.2 Å². The van der Waals surface area contributed by atoms with E-state index in [-0.39, 0.29) is 26.2 Å². The van der Waals surface area contributed by atoms with Crippen LogP contribution in [0.4, 0.5) is 0 Å². The molecule has 0 aromatic rings. The van der Waals surface area contributed by atoms with Gasteiger partial charge in [-0.2, -0.15) is 0 Å². The first kappa shape index (κ1) is 13.9. The van der Waals surface area contributed by atoms with E-state index in [2.05, 4.69) is 0 Å². The predicted molar refractivity (Wildman–Crippen MR) is 57.6 cm³/mol. The number of rotatable bonds is 7. The molecule has 1 fully saturated rings. The molecule has 0 aliphatic carbocycles. The first-order chi connectivity index (χ1) is 7.70. The number of hydrogen-bond donors (Lipinski definition) is 2. The Morgan fingerprint density at radius 2 is 2.06 bits per heavy atom. The van der Waals surface area contributed by atoms with E-state index in [0.717, 1.165) is 0 Å². The first-order valence-corrected chi connectivity index (χ1v) is 5.42. The van der Waals surface area contributed by atoms with Crippen molar-refractivity contribution in [3.05, 3.63) is 0 Å². The topological polar surface area (TPSA) is 77.4 Å². The van der Waals surface area contributed by atoms with Crippen molar-refractivity contribution < 1.29 is 29.2 Å². The van der Waals surface area contributed by atoms with E-state index in [1.807, 2.05) is 6.92 Å². The van der Waals surface area contributed by atoms with Crippen LogP contribution in [0.5, 0.6) is 0 Å². The summed E-state index contributed by atoms with van der Waals surface area (Å²) in [6.45, 7) is 2.43. The van der Waals surface area contributed by atoms with E-state index in [4.69, 9.17) is 24.1 Å². The summed E-state index contributed by atoms with van der Waals surface area (Å²) in [5.74, 6) is 0. The van der Waals surface area contributed by atoms with Gasteiger partial charge in [-0.15, -0.1) is 0 Å². The van der Waals surface area contributed by atoms with Crippen molar-refractivity contribution in [1.82, 2.24) is 0 Å². The van der Waals surface area contributed by atoms with Crippen LogP contribution < -0.4 is 0 Å². The SMILES string of the molecule is B[C@@H]1O[C@H](CO)C(O)[C@@H]1OCOCOCC. The predicted octanol–water partition coefficient (Wildman–Crippen LogP) is -1.95. The lowest BCUT2D eigenvalue weighted by Crippen LogP contribution is -2.37. The molecule has 0 saturated carbocycles. The van der Waals surface area contributed by atoms with E-state index in [9.17, 15) is 5.11 Å². The van der Waals surface area contributed by atoms with Gasteiger partial charge >= 0.3 is 0 Å². The van der Waals surface area contributed by atoms with Gasteiger partial charge in [0.05, 0.1) is 12.6 Å². The van der Waals surface area contributed by atoms with Gasteiger partial charge in [0.25, 0.3) is 0 Å².